The van der Waals surface area contributed by atoms with Crippen LogP contribution in [0.5, 0.6) is 0 Å². The van der Waals surface area contributed by atoms with Gasteiger partial charge in [0.05, 0.1) is 4.92 Å². The number of nitro groups is 1. The van der Waals surface area contributed by atoms with E-state index in [9.17, 15) is 10.1 Å². The molecule has 0 saturated carbocycles. The van der Waals surface area contributed by atoms with Gasteiger partial charge in [-0.05, 0) is 18.9 Å². The maximum atomic E-state index is 11.2. The van der Waals surface area contributed by atoms with Crippen molar-refractivity contribution in [1.29, 1.82) is 0 Å². The van der Waals surface area contributed by atoms with Crippen molar-refractivity contribution in [1.82, 2.24) is 10.2 Å². The Hall–Kier alpha value is -1.46. The first-order valence-corrected chi connectivity index (χ1v) is 7.83. The van der Waals surface area contributed by atoms with Crippen LogP contribution in [0, 0.1) is 17.0 Å². The van der Waals surface area contributed by atoms with Crippen molar-refractivity contribution < 1.29 is 4.92 Å². The molecular formula is C16H25N3O2. The minimum atomic E-state index is -0.270. The van der Waals surface area contributed by atoms with Crippen molar-refractivity contribution >= 4 is 5.69 Å². The molecule has 0 amide bonds. The summed E-state index contributed by atoms with van der Waals surface area (Å²) in [7, 11) is 0. The van der Waals surface area contributed by atoms with Gasteiger partial charge >= 0.3 is 0 Å². The molecule has 0 bridgehead atoms. The van der Waals surface area contributed by atoms with E-state index in [4.69, 9.17) is 0 Å². The number of benzene rings is 1. The summed E-state index contributed by atoms with van der Waals surface area (Å²) >= 11 is 0. The Labute approximate surface area is 126 Å². The van der Waals surface area contributed by atoms with Crippen molar-refractivity contribution in [2.45, 2.75) is 39.2 Å². The van der Waals surface area contributed by atoms with Gasteiger partial charge in [0.1, 0.15) is 0 Å². The van der Waals surface area contributed by atoms with E-state index < -0.39 is 0 Å². The lowest BCUT2D eigenvalue weighted by atomic mass is 9.97. The van der Waals surface area contributed by atoms with Crippen LogP contribution in [-0.2, 0) is 0 Å². The Kier molecular flexibility index (Phi) is 5.70. The van der Waals surface area contributed by atoms with Crippen molar-refractivity contribution in [2.75, 3.05) is 26.2 Å². The highest BCUT2D eigenvalue weighted by Gasteiger charge is 2.23. The van der Waals surface area contributed by atoms with E-state index >= 15 is 0 Å². The van der Waals surface area contributed by atoms with Crippen LogP contribution in [0.25, 0.3) is 0 Å². The molecule has 5 nitrogen and oxygen atoms in total. The van der Waals surface area contributed by atoms with Crippen LogP contribution in [0.4, 0.5) is 5.69 Å². The van der Waals surface area contributed by atoms with Gasteiger partial charge in [0, 0.05) is 43.9 Å². The van der Waals surface area contributed by atoms with Crippen molar-refractivity contribution in [3.63, 3.8) is 0 Å². The monoisotopic (exact) mass is 291 g/mol. The Morgan fingerprint density at radius 1 is 1.38 bits per heavy atom. The number of rotatable bonds is 6. The van der Waals surface area contributed by atoms with Crippen LogP contribution in [0.3, 0.4) is 0 Å². The van der Waals surface area contributed by atoms with E-state index in [1.54, 1.807) is 13.0 Å². The average molecular weight is 291 g/mol. The Balaban J connectivity index is 2.26. The molecule has 1 aromatic rings. The molecular weight excluding hydrogens is 266 g/mol. The zero-order valence-corrected chi connectivity index (χ0v) is 13.0. The molecule has 0 radical (unpaired) electrons. The highest BCUT2D eigenvalue weighted by Crippen LogP contribution is 2.30. The third-order valence-electron chi connectivity index (χ3n) is 4.24. The first-order valence-electron chi connectivity index (χ1n) is 7.83. The highest BCUT2D eigenvalue weighted by atomic mass is 16.6. The maximum Gasteiger partial charge on any atom is 0.272 e. The second-order valence-electron chi connectivity index (χ2n) is 5.75. The van der Waals surface area contributed by atoms with Gasteiger partial charge in [-0.3, -0.25) is 15.0 Å². The van der Waals surface area contributed by atoms with E-state index in [-0.39, 0.29) is 10.6 Å². The molecule has 1 fully saturated rings. The fraction of sp³-hybridized carbons (Fsp3) is 0.625. The fourth-order valence-electron chi connectivity index (χ4n) is 2.98. The van der Waals surface area contributed by atoms with Gasteiger partial charge in [0.2, 0.25) is 0 Å². The summed E-state index contributed by atoms with van der Waals surface area (Å²) in [4.78, 5) is 13.4. The molecule has 0 aliphatic carbocycles. The second-order valence-corrected chi connectivity index (χ2v) is 5.75. The maximum absolute atomic E-state index is 11.2. The number of aryl methyl sites for hydroxylation is 1. The van der Waals surface area contributed by atoms with Crippen LogP contribution >= 0.6 is 0 Å². The molecule has 5 heteroatoms. The molecule has 1 saturated heterocycles. The Bertz CT molecular complexity index is 484. The quantitative estimate of drug-likeness (QED) is 0.646. The second kappa shape index (κ2) is 7.52. The van der Waals surface area contributed by atoms with Gasteiger partial charge in [-0.2, -0.15) is 0 Å². The molecule has 1 N–H and O–H groups in total. The van der Waals surface area contributed by atoms with Crippen molar-refractivity contribution in [3.8, 4) is 0 Å². The summed E-state index contributed by atoms with van der Waals surface area (Å²) in [5, 5.41) is 14.5. The number of nitrogens with zero attached hydrogens (tertiary/aromatic N) is 2. The minimum Gasteiger partial charge on any atom is -0.314 e. The number of unbranched alkanes of at least 4 members (excludes halogenated alkanes) is 1. The standard InChI is InChI=1S/C16H25N3O2/c1-3-4-5-15(18-10-8-17-9-11-18)14-7-6-13(2)16(12-14)19(20)21/h6-7,12,15,17H,3-5,8-11H2,1-2H3/t15-/m1/s1. The zero-order valence-electron chi connectivity index (χ0n) is 13.0. The summed E-state index contributed by atoms with van der Waals surface area (Å²) in [6.07, 6.45) is 3.36. The van der Waals surface area contributed by atoms with E-state index in [2.05, 4.69) is 23.2 Å². The minimum absolute atomic E-state index is 0.240. The molecule has 1 atom stereocenters. The van der Waals surface area contributed by atoms with Crippen LogP contribution in [0.15, 0.2) is 18.2 Å². The smallest absolute Gasteiger partial charge is 0.272 e. The third-order valence-corrected chi connectivity index (χ3v) is 4.24. The lowest BCUT2D eigenvalue weighted by molar-refractivity contribution is -0.385. The molecule has 0 spiro atoms. The lowest BCUT2D eigenvalue weighted by Crippen LogP contribution is -2.45. The molecule has 116 valence electrons. The van der Waals surface area contributed by atoms with E-state index in [0.717, 1.165) is 56.6 Å². The van der Waals surface area contributed by atoms with Gasteiger partial charge in [-0.15, -0.1) is 0 Å². The summed E-state index contributed by atoms with van der Waals surface area (Å²) in [6, 6.07) is 6.02. The van der Waals surface area contributed by atoms with E-state index in [0.29, 0.717) is 6.04 Å². The molecule has 1 heterocycles. The number of nitro benzene ring substituents is 1. The average Bonchev–Trinajstić information content (AvgIpc) is 2.50. The largest absolute Gasteiger partial charge is 0.314 e. The van der Waals surface area contributed by atoms with E-state index in [1.165, 1.54) is 0 Å². The van der Waals surface area contributed by atoms with Crippen molar-refractivity contribution in [2.24, 2.45) is 0 Å². The lowest BCUT2D eigenvalue weighted by Gasteiger charge is -2.35. The van der Waals surface area contributed by atoms with Gasteiger partial charge < -0.3 is 5.32 Å². The Morgan fingerprint density at radius 3 is 2.71 bits per heavy atom. The van der Waals surface area contributed by atoms with Gasteiger partial charge in [0.15, 0.2) is 0 Å². The molecule has 1 aromatic carbocycles. The van der Waals surface area contributed by atoms with Gasteiger partial charge in [0.25, 0.3) is 5.69 Å². The molecule has 1 aliphatic heterocycles. The summed E-state index contributed by atoms with van der Waals surface area (Å²) in [5.41, 5.74) is 2.06. The fourth-order valence-corrected chi connectivity index (χ4v) is 2.98. The zero-order chi connectivity index (χ0) is 15.2. The normalized spacial score (nSPS) is 17.6. The van der Waals surface area contributed by atoms with E-state index in [1.807, 2.05) is 6.07 Å². The number of nitrogens with one attached hydrogen (secondary N) is 1. The van der Waals surface area contributed by atoms with Gasteiger partial charge in [-0.25, -0.2) is 0 Å². The van der Waals surface area contributed by atoms with Crippen LogP contribution in [-0.4, -0.2) is 36.0 Å². The van der Waals surface area contributed by atoms with Crippen molar-refractivity contribution in [3.05, 3.63) is 39.4 Å². The molecule has 2 rings (SSSR count). The highest BCUT2D eigenvalue weighted by molar-refractivity contribution is 5.43. The van der Waals surface area contributed by atoms with Crippen LogP contribution in [0.2, 0.25) is 0 Å². The molecule has 1 aliphatic rings. The van der Waals surface area contributed by atoms with Crippen LogP contribution in [0.1, 0.15) is 43.4 Å². The molecule has 0 unspecified atom stereocenters. The Morgan fingerprint density at radius 2 is 2.10 bits per heavy atom. The number of hydrogen-bond donors (Lipinski definition) is 1. The third kappa shape index (κ3) is 4.02. The predicted molar refractivity (Wildman–Crippen MR) is 84.5 cm³/mol. The number of hydrogen-bond acceptors (Lipinski definition) is 4. The SMILES string of the molecule is CCCC[C@H](c1ccc(C)c([N+](=O)[O-])c1)N1CCNCC1. The predicted octanol–water partition coefficient (Wildman–Crippen LogP) is 3.04. The summed E-state index contributed by atoms with van der Waals surface area (Å²) in [6.45, 7) is 8.00. The topological polar surface area (TPSA) is 58.4 Å². The molecule has 21 heavy (non-hydrogen) atoms. The van der Waals surface area contributed by atoms with Crippen LogP contribution < -0.4 is 5.32 Å². The summed E-state index contributed by atoms with van der Waals surface area (Å²) in [5.74, 6) is 0. The molecule has 0 aromatic heterocycles. The summed E-state index contributed by atoms with van der Waals surface area (Å²) < 4.78 is 0. The first kappa shape index (κ1) is 15.9. The first-order chi connectivity index (χ1) is 10.1. The van der Waals surface area contributed by atoms with Gasteiger partial charge in [-0.1, -0.05) is 31.9 Å². The number of piperazine rings is 1.